The molecule has 4 aliphatic rings. The van der Waals surface area contributed by atoms with Crippen molar-refractivity contribution < 1.29 is 29.0 Å². The smallest absolute Gasteiger partial charge is 0.312 e. The Bertz CT molecular complexity index is 846. The molecule has 4 fully saturated rings. The van der Waals surface area contributed by atoms with E-state index < -0.39 is 35.6 Å². The van der Waals surface area contributed by atoms with Gasteiger partial charge in [0.2, 0.25) is 11.8 Å². The first kappa shape index (κ1) is 26.4. The molecule has 4 rings (SSSR count). The fourth-order valence-corrected chi connectivity index (χ4v) is 7.57. The number of halogens is 1. The number of nitrogens with zero attached hydrogens (tertiary/aromatic N) is 2. The van der Waals surface area contributed by atoms with E-state index >= 15 is 0 Å². The number of alkyl halides is 1. The minimum Gasteiger partial charge on any atom is -0.465 e. The predicted octanol–water partition coefficient (Wildman–Crippen LogP) is 2.58. The number of aliphatic hydroxyl groups is 1. The Morgan fingerprint density at radius 2 is 2.00 bits per heavy atom. The van der Waals surface area contributed by atoms with Gasteiger partial charge in [-0.1, -0.05) is 47.3 Å². The quantitative estimate of drug-likeness (QED) is 0.183. The molecule has 0 aromatic carbocycles. The van der Waals surface area contributed by atoms with Gasteiger partial charge in [0.1, 0.15) is 11.6 Å². The number of carbonyl (C=O) groups excluding carboxylic acids is 3. The summed E-state index contributed by atoms with van der Waals surface area (Å²) in [6.07, 6.45) is 9.89. The van der Waals surface area contributed by atoms with Gasteiger partial charge < -0.3 is 24.4 Å². The molecule has 3 heterocycles. The molecule has 0 aromatic rings. The first-order valence-electron chi connectivity index (χ1n) is 12.8. The lowest BCUT2D eigenvalue weighted by atomic mass is 9.70. The lowest BCUT2D eigenvalue weighted by molar-refractivity contribution is -0.155. The number of rotatable bonds is 11. The molecule has 2 amide bonds. The van der Waals surface area contributed by atoms with Gasteiger partial charge in [0.15, 0.2) is 0 Å². The molecule has 1 spiro atoms. The van der Waals surface area contributed by atoms with E-state index in [0.29, 0.717) is 19.4 Å². The molecule has 9 heteroatoms. The summed E-state index contributed by atoms with van der Waals surface area (Å²) < 4.78 is 12.0. The molecule has 2 bridgehead atoms. The van der Waals surface area contributed by atoms with Crippen LogP contribution in [-0.2, 0) is 23.9 Å². The van der Waals surface area contributed by atoms with Gasteiger partial charge in [-0.2, -0.15) is 0 Å². The van der Waals surface area contributed by atoms with Crippen molar-refractivity contribution in [1.82, 2.24) is 9.80 Å². The number of hydrogen-bond donors (Lipinski definition) is 1. The van der Waals surface area contributed by atoms with Gasteiger partial charge >= 0.3 is 5.97 Å². The second-order valence-corrected chi connectivity index (χ2v) is 11.3. The van der Waals surface area contributed by atoms with E-state index in [2.05, 4.69) is 29.1 Å². The normalized spacial score (nSPS) is 34.1. The molecular formula is C26H37BrN2O6. The van der Waals surface area contributed by atoms with Crippen LogP contribution in [0.5, 0.6) is 0 Å². The number of hydrogen-bond acceptors (Lipinski definition) is 6. The third-order valence-electron chi connectivity index (χ3n) is 8.06. The lowest BCUT2D eigenvalue weighted by Crippen LogP contribution is -2.59. The average molecular weight is 553 g/mol. The van der Waals surface area contributed by atoms with Crippen molar-refractivity contribution >= 4 is 33.7 Å². The second-order valence-electron chi connectivity index (χ2n) is 10.1. The van der Waals surface area contributed by atoms with Gasteiger partial charge in [-0.25, -0.2) is 0 Å². The van der Waals surface area contributed by atoms with E-state index in [4.69, 9.17) is 9.47 Å². The van der Waals surface area contributed by atoms with E-state index in [1.54, 1.807) is 12.2 Å². The number of carbonyl (C=O) groups is 3. The number of aliphatic hydroxyl groups excluding tert-OH is 1. The van der Waals surface area contributed by atoms with E-state index in [-0.39, 0.29) is 42.4 Å². The van der Waals surface area contributed by atoms with Crippen LogP contribution in [0.1, 0.15) is 51.4 Å². The van der Waals surface area contributed by atoms with Crippen LogP contribution in [0, 0.1) is 11.8 Å². The molecule has 0 aromatic heterocycles. The minimum absolute atomic E-state index is 0.0160. The van der Waals surface area contributed by atoms with Crippen LogP contribution in [0.15, 0.2) is 25.3 Å². The highest BCUT2D eigenvalue weighted by atomic mass is 79.9. The van der Waals surface area contributed by atoms with Gasteiger partial charge in [0.05, 0.1) is 31.2 Å². The maximum absolute atomic E-state index is 14.2. The number of likely N-dealkylation sites (tertiary alicyclic amines) is 1. The van der Waals surface area contributed by atoms with Crippen molar-refractivity contribution in [2.75, 3.05) is 26.3 Å². The second kappa shape index (κ2) is 11.1. The van der Waals surface area contributed by atoms with Crippen molar-refractivity contribution in [1.29, 1.82) is 0 Å². The fourth-order valence-electron chi connectivity index (χ4n) is 6.63. The molecule has 194 valence electrons. The zero-order chi connectivity index (χ0) is 25.2. The third-order valence-corrected chi connectivity index (χ3v) is 8.90. The van der Waals surface area contributed by atoms with Crippen LogP contribution >= 0.6 is 15.9 Å². The van der Waals surface area contributed by atoms with Crippen LogP contribution in [-0.4, -0.2) is 87.6 Å². The SMILES string of the molecule is C=CCCCOC(=O)[C@H]1[C@@H]2OC3(CC2Br)C(C(=O)N(CC=C)C2CCCCC2)N(CCO)C(=O)[C@H]13. The van der Waals surface area contributed by atoms with Crippen LogP contribution in [0.3, 0.4) is 0 Å². The van der Waals surface area contributed by atoms with Crippen LogP contribution in [0.2, 0.25) is 0 Å². The van der Waals surface area contributed by atoms with Crippen molar-refractivity contribution in [2.45, 2.75) is 80.0 Å². The third kappa shape index (κ3) is 4.60. The Labute approximate surface area is 215 Å². The summed E-state index contributed by atoms with van der Waals surface area (Å²) in [5.74, 6) is -2.54. The molecule has 6 atom stereocenters. The van der Waals surface area contributed by atoms with Gasteiger partial charge in [0, 0.05) is 24.0 Å². The van der Waals surface area contributed by atoms with Crippen LogP contribution in [0.25, 0.3) is 0 Å². The van der Waals surface area contributed by atoms with E-state index in [1.807, 2.05) is 4.90 Å². The number of allylic oxidation sites excluding steroid dienone is 1. The first-order valence-corrected chi connectivity index (χ1v) is 13.7. The van der Waals surface area contributed by atoms with E-state index in [0.717, 1.165) is 38.5 Å². The summed E-state index contributed by atoms with van der Waals surface area (Å²) in [4.78, 5) is 44.2. The zero-order valence-corrected chi connectivity index (χ0v) is 21.9. The maximum atomic E-state index is 14.2. The molecule has 3 saturated heterocycles. The Morgan fingerprint density at radius 3 is 2.66 bits per heavy atom. The number of ether oxygens (including phenoxy) is 2. The molecule has 3 aliphatic heterocycles. The number of amides is 2. The van der Waals surface area contributed by atoms with Crippen LogP contribution < -0.4 is 0 Å². The van der Waals surface area contributed by atoms with E-state index in [9.17, 15) is 19.5 Å². The Hall–Kier alpha value is -1.71. The van der Waals surface area contributed by atoms with E-state index in [1.165, 1.54) is 4.90 Å². The highest BCUT2D eigenvalue weighted by molar-refractivity contribution is 9.09. The zero-order valence-electron chi connectivity index (χ0n) is 20.3. The number of β-amino-alcohol motifs (C(OH)–C–C–N with tert-alkyl or cyclic N) is 1. The Balaban J connectivity index is 1.65. The molecule has 1 N–H and O–H groups in total. The Kier molecular flexibility index (Phi) is 8.38. The summed E-state index contributed by atoms with van der Waals surface area (Å²) in [6, 6.07) is -0.808. The molecule has 0 radical (unpaired) electrons. The van der Waals surface area contributed by atoms with Crippen molar-refractivity contribution in [3.05, 3.63) is 25.3 Å². The molecular weight excluding hydrogens is 516 g/mol. The maximum Gasteiger partial charge on any atom is 0.312 e. The Morgan fingerprint density at radius 1 is 1.26 bits per heavy atom. The standard InChI is InChI=1S/C26H37BrN2O6/c1-3-5-9-15-34-25(33)19-20-23(31)29(13-14-30)22(26(20)16-18(27)21(19)35-26)24(32)28(12-4-2)17-10-7-6-8-11-17/h3-4,17-22,30H,1-2,5-16H2/t18?,19-,20+,21-,22?,26?/m1/s1. The summed E-state index contributed by atoms with van der Waals surface area (Å²) >= 11 is 3.66. The predicted molar refractivity (Wildman–Crippen MR) is 134 cm³/mol. The topological polar surface area (TPSA) is 96.4 Å². The largest absolute Gasteiger partial charge is 0.465 e. The van der Waals surface area contributed by atoms with Gasteiger partial charge in [-0.3, -0.25) is 14.4 Å². The number of fused-ring (bicyclic) bond motifs is 1. The summed E-state index contributed by atoms with van der Waals surface area (Å²) in [6.45, 7) is 7.90. The summed E-state index contributed by atoms with van der Waals surface area (Å²) in [5, 5.41) is 9.77. The number of unbranched alkanes of at least 4 members (excludes halogenated alkanes) is 1. The monoisotopic (exact) mass is 552 g/mol. The first-order chi connectivity index (χ1) is 16.9. The number of esters is 1. The summed E-state index contributed by atoms with van der Waals surface area (Å²) in [7, 11) is 0. The molecule has 8 nitrogen and oxygen atoms in total. The van der Waals surface area contributed by atoms with Gasteiger partial charge in [-0.05, 0) is 32.1 Å². The summed E-state index contributed by atoms with van der Waals surface area (Å²) in [5.41, 5.74) is -1.12. The van der Waals surface area contributed by atoms with Crippen molar-refractivity contribution in [3.63, 3.8) is 0 Å². The molecule has 1 saturated carbocycles. The highest BCUT2D eigenvalue weighted by Crippen LogP contribution is 2.60. The van der Waals surface area contributed by atoms with Gasteiger partial charge in [-0.15, -0.1) is 13.2 Å². The molecule has 1 aliphatic carbocycles. The average Bonchev–Trinajstić information content (AvgIpc) is 3.44. The fraction of sp³-hybridized carbons (Fsp3) is 0.731. The lowest BCUT2D eigenvalue weighted by Gasteiger charge is -2.40. The highest BCUT2D eigenvalue weighted by Gasteiger charge is 2.77. The molecule has 35 heavy (non-hydrogen) atoms. The van der Waals surface area contributed by atoms with Gasteiger partial charge in [0.25, 0.3) is 0 Å². The van der Waals surface area contributed by atoms with Crippen LogP contribution in [0.4, 0.5) is 0 Å². The van der Waals surface area contributed by atoms with Crippen molar-refractivity contribution in [2.24, 2.45) is 11.8 Å². The molecule has 3 unspecified atom stereocenters. The van der Waals surface area contributed by atoms with Crippen molar-refractivity contribution in [3.8, 4) is 0 Å². The minimum atomic E-state index is -1.12.